The van der Waals surface area contributed by atoms with Crippen LogP contribution in [0.4, 0.5) is 17.1 Å². The lowest BCUT2D eigenvalue weighted by Gasteiger charge is -2.09. The zero-order valence-electron chi connectivity index (χ0n) is 12.4. The van der Waals surface area contributed by atoms with Crippen molar-refractivity contribution in [2.75, 3.05) is 16.4 Å². The average molecular weight is 341 g/mol. The number of amides is 2. The van der Waals surface area contributed by atoms with Crippen LogP contribution in [0.2, 0.25) is 5.02 Å². The third-order valence-electron chi connectivity index (χ3n) is 3.33. The van der Waals surface area contributed by atoms with E-state index < -0.39 is 11.8 Å². The van der Waals surface area contributed by atoms with E-state index in [9.17, 15) is 9.59 Å². The fourth-order valence-electron chi connectivity index (χ4n) is 2.20. The summed E-state index contributed by atoms with van der Waals surface area (Å²) in [6, 6.07) is 13.6. The Morgan fingerprint density at radius 1 is 0.958 bits per heavy atom. The second kappa shape index (κ2) is 6.55. The first-order chi connectivity index (χ1) is 11.5. The smallest absolute Gasteiger partial charge is 0.314 e. The zero-order chi connectivity index (χ0) is 17.1. The van der Waals surface area contributed by atoms with Crippen LogP contribution in [0.5, 0.6) is 0 Å². The second-order valence-corrected chi connectivity index (χ2v) is 5.44. The fraction of sp³-hybridized carbons (Fsp3) is 0. The summed E-state index contributed by atoms with van der Waals surface area (Å²) in [5.41, 5.74) is 7.42. The van der Waals surface area contributed by atoms with Gasteiger partial charge >= 0.3 is 11.8 Å². The van der Waals surface area contributed by atoms with Gasteiger partial charge in [-0.25, -0.2) is 0 Å². The molecule has 0 atom stereocenters. The number of halogens is 1. The van der Waals surface area contributed by atoms with Crippen molar-refractivity contribution in [3.63, 3.8) is 0 Å². The minimum absolute atomic E-state index is 0.253. The van der Waals surface area contributed by atoms with Gasteiger partial charge in [-0.2, -0.15) is 0 Å². The number of nitrogens with one attached hydrogen (secondary N) is 2. The molecular weight excluding hydrogens is 328 g/mol. The van der Waals surface area contributed by atoms with E-state index in [2.05, 4.69) is 15.6 Å². The van der Waals surface area contributed by atoms with E-state index in [1.165, 1.54) is 12.1 Å². The average Bonchev–Trinajstić information content (AvgIpc) is 2.57. The van der Waals surface area contributed by atoms with E-state index in [1.54, 1.807) is 30.5 Å². The first-order valence-electron chi connectivity index (χ1n) is 7.06. The number of nitrogens with two attached hydrogens (primary N) is 1. The summed E-state index contributed by atoms with van der Waals surface area (Å²) in [5.74, 6) is -1.66. The standard InChI is InChI=1S/C17H13ClN4O2/c18-12-9-11(19)6-7-13(12)21-16(23)17(24)22-14-5-1-3-10-4-2-8-20-15(10)14/h1-9H,19H2,(H,21,23)(H,22,24). The number of nitrogen functional groups attached to an aromatic ring is 1. The highest BCUT2D eigenvalue weighted by molar-refractivity contribution is 6.45. The van der Waals surface area contributed by atoms with Gasteiger partial charge in [-0.15, -0.1) is 0 Å². The van der Waals surface area contributed by atoms with Crippen LogP contribution in [0, 0.1) is 0 Å². The Morgan fingerprint density at radius 3 is 2.42 bits per heavy atom. The monoisotopic (exact) mass is 340 g/mol. The lowest BCUT2D eigenvalue weighted by Crippen LogP contribution is -2.29. The number of para-hydroxylation sites is 1. The molecule has 0 saturated heterocycles. The predicted molar refractivity (Wildman–Crippen MR) is 94.9 cm³/mol. The molecule has 0 radical (unpaired) electrons. The Hall–Kier alpha value is -3.12. The van der Waals surface area contributed by atoms with E-state index in [0.717, 1.165) is 5.39 Å². The summed E-state index contributed by atoms with van der Waals surface area (Å²) in [4.78, 5) is 28.4. The van der Waals surface area contributed by atoms with Crippen molar-refractivity contribution in [2.45, 2.75) is 0 Å². The van der Waals surface area contributed by atoms with Crippen molar-refractivity contribution >= 4 is 51.4 Å². The Balaban J connectivity index is 1.77. The molecule has 6 nitrogen and oxygen atoms in total. The molecule has 3 rings (SSSR count). The molecular formula is C17H13ClN4O2. The van der Waals surface area contributed by atoms with Crippen molar-refractivity contribution in [1.29, 1.82) is 0 Å². The molecule has 0 unspecified atom stereocenters. The highest BCUT2D eigenvalue weighted by Crippen LogP contribution is 2.24. The number of pyridine rings is 1. The molecule has 0 aliphatic carbocycles. The zero-order valence-corrected chi connectivity index (χ0v) is 13.2. The van der Waals surface area contributed by atoms with Gasteiger partial charge in [0.2, 0.25) is 0 Å². The molecule has 3 aromatic rings. The summed E-state index contributed by atoms with van der Waals surface area (Å²) in [7, 11) is 0. The van der Waals surface area contributed by atoms with E-state index >= 15 is 0 Å². The molecule has 1 aromatic heterocycles. The van der Waals surface area contributed by atoms with E-state index in [-0.39, 0.29) is 5.02 Å². The van der Waals surface area contributed by atoms with Gasteiger partial charge in [0.1, 0.15) is 0 Å². The van der Waals surface area contributed by atoms with Gasteiger partial charge < -0.3 is 16.4 Å². The molecule has 0 aliphatic rings. The van der Waals surface area contributed by atoms with Gasteiger partial charge in [-0.3, -0.25) is 14.6 Å². The minimum atomic E-state index is -0.838. The van der Waals surface area contributed by atoms with Crippen LogP contribution in [-0.2, 0) is 9.59 Å². The summed E-state index contributed by atoms with van der Waals surface area (Å²) < 4.78 is 0. The van der Waals surface area contributed by atoms with Gasteiger partial charge in [-0.05, 0) is 30.3 Å². The molecule has 0 bridgehead atoms. The van der Waals surface area contributed by atoms with Crippen LogP contribution in [0.25, 0.3) is 10.9 Å². The Morgan fingerprint density at radius 2 is 1.67 bits per heavy atom. The number of hydrogen-bond donors (Lipinski definition) is 3. The van der Waals surface area contributed by atoms with Crippen LogP contribution < -0.4 is 16.4 Å². The molecule has 0 aliphatic heterocycles. The summed E-state index contributed by atoms with van der Waals surface area (Å²) in [5, 5.41) is 6.11. The van der Waals surface area contributed by atoms with Crippen molar-refractivity contribution in [3.05, 3.63) is 59.8 Å². The van der Waals surface area contributed by atoms with E-state index in [4.69, 9.17) is 17.3 Å². The minimum Gasteiger partial charge on any atom is -0.399 e. The second-order valence-electron chi connectivity index (χ2n) is 5.03. The topological polar surface area (TPSA) is 97.1 Å². The lowest BCUT2D eigenvalue weighted by molar-refractivity contribution is -0.132. The molecule has 24 heavy (non-hydrogen) atoms. The Kier molecular flexibility index (Phi) is 4.31. The van der Waals surface area contributed by atoms with Crippen LogP contribution in [0.3, 0.4) is 0 Å². The molecule has 7 heteroatoms. The predicted octanol–water partition coefficient (Wildman–Crippen LogP) is 3.05. The quantitative estimate of drug-likeness (QED) is 0.493. The van der Waals surface area contributed by atoms with E-state index in [1.807, 2.05) is 12.1 Å². The fourth-order valence-corrected chi connectivity index (χ4v) is 2.43. The highest BCUT2D eigenvalue weighted by atomic mass is 35.5. The molecule has 0 fully saturated rings. The van der Waals surface area contributed by atoms with Crippen LogP contribution in [0.1, 0.15) is 0 Å². The first kappa shape index (κ1) is 15.8. The van der Waals surface area contributed by atoms with Crippen molar-refractivity contribution in [2.24, 2.45) is 0 Å². The summed E-state index contributed by atoms with van der Waals surface area (Å²) in [6.45, 7) is 0. The molecule has 0 saturated carbocycles. The summed E-state index contributed by atoms with van der Waals surface area (Å²) in [6.07, 6.45) is 1.62. The first-order valence-corrected chi connectivity index (χ1v) is 7.43. The van der Waals surface area contributed by atoms with Gasteiger partial charge in [0.25, 0.3) is 0 Å². The van der Waals surface area contributed by atoms with Crippen molar-refractivity contribution in [3.8, 4) is 0 Å². The maximum Gasteiger partial charge on any atom is 0.314 e. The van der Waals surface area contributed by atoms with Crippen LogP contribution >= 0.6 is 11.6 Å². The number of benzene rings is 2. The lowest BCUT2D eigenvalue weighted by atomic mass is 10.2. The SMILES string of the molecule is Nc1ccc(NC(=O)C(=O)Nc2cccc3cccnc23)c(Cl)c1. The number of carbonyl (C=O) groups excluding carboxylic acids is 2. The van der Waals surface area contributed by atoms with Crippen LogP contribution in [-0.4, -0.2) is 16.8 Å². The number of aromatic nitrogens is 1. The van der Waals surface area contributed by atoms with Crippen LogP contribution in [0.15, 0.2) is 54.7 Å². The van der Waals surface area contributed by atoms with Gasteiger partial charge in [0.15, 0.2) is 0 Å². The highest BCUT2D eigenvalue weighted by Gasteiger charge is 2.16. The molecule has 1 heterocycles. The Labute approximate surface area is 142 Å². The summed E-state index contributed by atoms with van der Waals surface area (Å²) >= 11 is 5.98. The number of anilines is 3. The van der Waals surface area contributed by atoms with E-state index in [0.29, 0.717) is 22.6 Å². The number of rotatable bonds is 2. The maximum atomic E-state index is 12.1. The number of fused-ring (bicyclic) bond motifs is 1. The maximum absolute atomic E-state index is 12.1. The Bertz CT molecular complexity index is 938. The number of carbonyl (C=O) groups is 2. The largest absolute Gasteiger partial charge is 0.399 e. The van der Waals surface area contributed by atoms with Gasteiger partial charge in [0.05, 0.1) is 21.9 Å². The number of nitrogens with zero attached hydrogens (tertiary/aromatic N) is 1. The molecule has 0 spiro atoms. The number of hydrogen-bond acceptors (Lipinski definition) is 4. The molecule has 4 N–H and O–H groups in total. The molecule has 120 valence electrons. The third kappa shape index (κ3) is 3.28. The van der Waals surface area contributed by atoms with Crippen molar-refractivity contribution < 1.29 is 9.59 Å². The van der Waals surface area contributed by atoms with Gasteiger partial charge in [-0.1, -0.05) is 29.8 Å². The molecule has 2 aromatic carbocycles. The third-order valence-corrected chi connectivity index (χ3v) is 3.64. The van der Waals surface area contributed by atoms with Crippen molar-refractivity contribution in [1.82, 2.24) is 4.98 Å². The normalized spacial score (nSPS) is 10.4. The molecule has 2 amide bonds. The van der Waals surface area contributed by atoms with Gasteiger partial charge in [0, 0.05) is 17.3 Å².